The Morgan fingerprint density at radius 2 is 2.11 bits per heavy atom. The third-order valence-corrected chi connectivity index (χ3v) is 4.33. The lowest BCUT2D eigenvalue weighted by molar-refractivity contribution is 0.374. The van der Waals surface area contributed by atoms with Gasteiger partial charge >= 0.3 is 0 Å². The minimum Gasteiger partial charge on any atom is -0.496 e. The van der Waals surface area contributed by atoms with Crippen LogP contribution in [-0.2, 0) is 0 Å². The van der Waals surface area contributed by atoms with E-state index in [0.717, 1.165) is 24.6 Å². The smallest absolute Gasteiger partial charge is 0.123 e. The fourth-order valence-corrected chi connectivity index (χ4v) is 2.94. The van der Waals surface area contributed by atoms with Gasteiger partial charge in [-0.05, 0) is 43.7 Å². The Kier molecular flexibility index (Phi) is 4.19. The molecular formula is C17H27NO. The fraction of sp³-hybridized carbons (Fsp3) is 0.647. The van der Waals surface area contributed by atoms with Gasteiger partial charge in [-0.3, -0.25) is 0 Å². The molecule has 0 bridgehead atoms. The summed E-state index contributed by atoms with van der Waals surface area (Å²) in [6.07, 6.45) is 2.46. The van der Waals surface area contributed by atoms with Crippen LogP contribution in [0.2, 0.25) is 0 Å². The quantitative estimate of drug-likeness (QED) is 0.832. The second kappa shape index (κ2) is 5.54. The normalized spacial score (nSPS) is 22.1. The molecule has 0 saturated heterocycles. The number of benzene rings is 1. The number of methoxy groups -OCH3 is 1. The van der Waals surface area contributed by atoms with Gasteiger partial charge in [-0.2, -0.15) is 0 Å². The number of aryl methyl sites for hydroxylation is 1. The standard InChI is InChI=1S/C17H27NO/c1-6-9-18-16(14-11-17(14,3)4)13-10-12(2)7-8-15(13)19-5/h7-8,10,14,16,18H,6,9,11H2,1-5H3. The molecule has 2 unspecified atom stereocenters. The Morgan fingerprint density at radius 3 is 2.63 bits per heavy atom. The molecule has 2 nitrogen and oxygen atoms in total. The van der Waals surface area contributed by atoms with E-state index < -0.39 is 0 Å². The van der Waals surface area contributed by atoms with Crippen molar-refractivity contribution in [3.05, 3.63) is 29.3 Å². The zero-order chi connectivity index (χ0) is 14.0. The van der Waals surface area contributed by atoms with Crippen molar-refractivity contribution < 1.29 is 4.74 Å². The first-order valence-electron chi connectivity index (χ1n) is 7.37. The molecule has 1 saturated carbocycles. The molecule has 2 heteroatoms. The van der Waals surface area contributed by atoms with Gasteiger partial charge in [-0.1, -0.05) is 38.5 Å². The summed E-state index contributed by atoms with van der Waals surface area (Å²) in [5.41, 5.74) is 3.09. The maximum Gasteiger partial charge on any atom is 0.123 e. The van der Waals surface area contributed by atoms with E-state index in [4.69, 9.17) is 4.74 Å². The van der Waals surface area contributed by atoms with Crippen LogP contribution in [0.15, 0.2) is 18.2 Å². The van der Waals surface area contributed by atoms with Gasteiger partial charge in [0.1, 0.15) is 5.75 Å². The Labute approximate surface area is 117 Å². The van der Waals surface area contributed by atoms with Crippen LogP contribution in [0, 0.1) is 18.3 Å². The van der Waals surface area contributed by atoms with Gasteiger partial charge in [0.05, 0.1) is 7.11 Å². The maximum absolute atomic E-state index is 5.57. The summed E-state index contributed by atoms with van der Waals surface area (Å²) in [5, 5.41) is 3.73. The molecule has 0 aliphatic heterocycles. The summed E-state index contributed by atoms with van der Waals surface area (Å²) in [6.45, 7) is 10.2. The van der Waals surface area contributed by atoms with Gasteiger partial charge in [0.15, 0.2) is 0 Å². The number of nitrogens with one attached hydrogen (secondary N) is 1. The largest absolute Gasteiger partial charge is 0.496 e. The molecule has 1 aliphatic carbocycles. The van der Waals surface area contributed by atoms with Gasteiger partial charge in [0, 0.05) is 11.6 Å². The van der Waals surface area contributed by atoms with E-state index in [1.165, 1.54) is 17.5 Å². The molecule has 2 rings (SSSR count). The number of ether oxygens (including phenoxy) is 1. The average Bonchev–Trinajstić information content (AvgIpc) is 2.99. The zero-order valence-electron chi connectivity index (χ0n) is 12.9. The van der Waals surface area contributed by atoms with Crippen molar-refractivity contribution in [2.24, 2.45) is 11.3 Å². The molecule has 1 fully saturated rings. The summed E-state index contributed by atoms with van der Waals surface area (Å²) in [6, 6.07) is 6.92. The van der Waals surface area contributed by atoms with Crippen molar-refractivity contribution in [2.75, 3.05) is 13.7 Å². The Balaban J connectivity index is 2.29. The van der Waals surface area contributed by atoms with Crippen molar-refractivity contribution in [3.63, 3.8) is 0 Å². The monoisotopic (exact) mass is 261 g/mol. The summed E-state index contributed by atoms with van der Waals surface area (Å²) in [5.74, 6) is 1.73. The van der Waals surface area contributed by atoms with Crippen LogP contribution in [0.4, 0.5) is 0 Å². The molecule has 1 aliphatic rings. The highest BCUT2D eigenvalue weighted by Gasteiger charge is 2.50. The van der Waals surface area contributed by atoms with Gasteiger partial charge in [0.2, 0.25) is 0 Å². The van der Waals surface area contributed by atoms with Crippen LogP contribution in [0.25, 0.3) is 0 Å². The minimum atomic E-state index is 0.421. The van der Waals surface area contributed by atoms with E-state index in [-0.39, 0.29) is 0 Å². The van der Waals surface area contributed by atoms with Gasteiger partial charge in [0.25, 0.3) is 0 Å². The van der Waals surface area contributed by atoms with E-state index in [1.54, 1.807) is 7.11 Å². The van der Waals surface area contributed by atoms with Crippen LogP contribution in [0.1, 0.15) is 50.8 Å². The molecule has 0 heterocycles. The second-order valence-corrected chi connectivity index (χ2v) is 6.48. The Hall–Kier alpha value is -1.02. The van der Waals surface area contributed by atoms with Gasteiger partial charge in [-0.25, -0.2) is 0 Å². The number of rotatable bonds is 6. The molecule has 0 amide bonds. The lowest BCUT2D eigenvalue weighted by Crippen LogP contribution is -2.26. The van der Waals surface area contributed by atoms with Crippen LogP contribution >= 0.6 is 0 Å². The molecule has 19 heavy (non-hydrogen) atoms. The molecule has 0 spiro atoms. The molecule has 0 aromatic heterocycles. The SMILES string of the molecule is CCCNC(c1cc(C)ccc1OC)C1CC1(C)C. The van der Waals surface area contributed by atoms with E-state index in [2.05, 4.69) is 51.2 Å². The molecule has 106 valence electrons. The van der Waals surface area contributed by atoms with Crippen molar-refractivity contribution in [3.8, 4) is 5.75 Å². The van der Waals surface area contributed by atoms with Crippen molar-refractivity contribution in [1.82, 2.24) is 5.32 Å². The third kappa shape index (κ3) is 3.11. The predicted molar refractivity (Wildman–Crippen MR) is 80.7 cm³/mol. The first-order chi connectivity index (χ1) is 8.99. The first kappa shape index (κ1) is 14.4. The molecule has 1 aromatic rings. The van der Waals surface area contributed by atoms with E-state index in [9.17, 15) is 0 Å². The van der Waals surface area contributed by atoms with Gasteiger partial charge < -0.3 is 10.1 Å². The van der Waals surface area contributed by atoms with E-state index >= 15 is 0 Å². The Bertz CT molecular complexity index is 439. The topological polar surface area (TPSA) is 21.3 Å². The van der Waals surface area contributed by atoms with Crippen LogP contribution < -0.4 is 10.1 Å². The number of hydrogen-bond acceptors (Lipinski definition) is 2. The number of hydrogen-bond donors (Lipinski definition) is 1. The fourth-order valence-electron chi connectivity index (χ4n) is 2.94. The summed E-state index contributed by atoms with van der Waals surface area (Å²) >= 11 is 0. The third-order valence-electron chi connectivity index (χ3n) is 4.33. The highest BCUT2D eigenvalue weighted by molar-refractivity contribution is 5.40. The second-order valence-electron chi connectivity index (χ2n) is 6.48. The molecule has 0 radical (unpaired) electrons. The highest BCUT2D eigenvalue weighted by atomic mass is 16.5. The Morgan fingerprint density at radius 1 is 1.42 bits per heavy atom. The van der Waals surface area contributed by atoms with Gasteiger partial charge in [-0.15, -0.1) is 0 Å². The summed E-state index contributed by atoms with van der Waals surface area (Å²) in [7, 11) is 1.77. The van der Waals surface area contributed by atoms with Crippen molar-refractivity contribution >= 4 is 0 Å². The average molecular weight is 261 g/mol. The lowest BCUT2D eigenvalue weighted by atomic mass is 9.95. The maximum atomic E-state index is 5.57. The van der Waals surface area contributed by atoms with Crippen LogP contribution in [0.5, 0.6) is 5.75 Å². The molecule has 1 aromatic carbocycles. The lowest BCUT2D eigenvalue weighted by Gasteiger charge is -2.23. The van der Waals surface area contributed by atoms with Crippen molar-refractivity contribution in [2.45, 2.75) is 46.6 Å². The minimum absolute atomic E-state index is 0.421. The zero-order valence-corrected chi connectivity index (χ0v) is 12.9. The molecule has 2 atom stereocenters. The van der Waals surface area contributed by atoms with E-state index in [1.807, 2.05) is 0 Å². The predicted octanol–water partition coefficient (Wildman–Crippen LogP) is 4.09. The summed E-state index contributed by atoms with van der Waals surface area (Å²) in [4.78, 5) is 0. The van der Waals surface area contributed by atoms with Crippen LogP contribution in [0.3, 0.4) is 0 Å². The molecule has 1 N–H and O–H groups in total. The molecular weight excluding hydrogens is 234 g/mol. The van der Waals surface area contributed by atoms with Crippen LogP contribution in [-0.4, -0.2) is 13.7 Å². The van der Waals surface area contributed by atoms with E-state index in [0.29, 0.717) is 11.5 Å². The first-order valence-corrected chi connectivity index (χ1v) is 7.37. The highest BCUT2D eigenvalue weighted by Crippen LogP contribution is 2.58. The summed E-state index contributed by atoms with van der Waals surface area (Å²) < 4.78 is 5.57. The van der Waals surface area contributed by atoms with Crippen molar-refractivity contribution in [1.29, 1.82) is 0 Å².